The van der Waals surface area contributed by atoms with Gasteiger partial charge in [0.2, 0.25) is 0 Å². The second-order valence-corrected chi connectivity index (χ2v) is 6.31. The minimum absolute atomic E-state index is 0.259. The number of nitrogens with zero attached hydrogens (tertiary/aromatic N) is 2. The number of aromatic amines is 1. The Morgan fingerprint density at radius 3 is 2.59 bits per heavy atom. The monoisotopic (exact) mass is 410 g/mol. The number of rotatable bonds is 7. The van der Waals surface area contributed by atoms with Crippen molar-refractivity contribution >= 4 is 29.8 Å². The van der Waals surface area contributed by atoms with Crippen molar-refractivity contribution in [1.29, 1.82) is 0 Å². The summed E-state index contributed by atoms with van der Waals surface area (Å²) in [5.41, 5.74) is 4.96. The van der Waals surface area contributed by atoms with Gasteiger partial charge >= 0.3 is 0 Å². The zero-order valence-electron chi connectivity index (χ0n) is 15.8. The maximum absolute atomic E-state index is 12.2. The van der Waals surface area contributed by atoms with Crippen LogP contribution in [0.15, 0.2) is 64.7 Å². The van der Waals surface area contributed by atoms with Gasteiger partial charge in [0.15, 0.2) is 11.5 Å². The minimum Gasteiger partial charge on any atom is -0.493 e. The Hall–Kier alpha value is -3.58. The summed E-state index contributed by atoms with van der Waals surface area (Å²) in [6, 6.07) is 16.5. The molecule has 0 radical (unpaired) electrons. The fourth-order valence-corrected chi connectivity index (χ4v) is 2.71. The second kappa shape index (κ2) is 9.57. The van der Waals surface area contributed by atoms with E-state index in [0.29, 0.717) is 22.2 Å². The highest BCUT2D eigenvalue weighted by atomic mass is 35.5. The van der Waals surface area contributed by atoms with E-state index in [-0.39, 0.29) is 5.69 Å². The maximum Gasteiger partial charge on any atom is 0.289 e. The number of hydrogen-bond acceptors (Lipinski definition) is 5. The Labute approximate surface area is 173 Å². The molecular weight excluding hydrogens is 392 g/mol. The molecule has 3 aromatic rings. The molecule has 0 unspecified atom stereocenters. The highest BCUT2D eigenvalue weighted by Crippen LogP contribution is 2.31. The van der Waals surface area contributed by atoms with Crippen LogP contribution in [0.25, 0.3) is 17.3 Å². The molecule has 1 heterocycles. The molecule has 3 rings (SSSR count). The third-order valence-corrected chi connectivity index (χ3v) is 4.17. The molecule has 29 heavy (non-hydrogen) atoms. The van der Waals surface area contributed by atoms with Crippen LogP contribution < -0.4 is 14.9 Å². The van der Waals surface area contributed by atoms with E-state index in [1.807, 2.05) is 36.4 Å². The molecule has 8 heteroatoms. The standard InChI is InChI=1S/C21H19ClN4O3/c1-28-19-9-8-15(11-20(19)29-2)17-12-18(25-24-17)21(27)26-23-13-16(22)10-14-6-4-3-5-7-14/h3-13H,1-2H3,(H,24,25)(H,26,27)/b16-10-,23-13-. The number of aromatic nitrogens is 2. The lowest BCUT2D eigenvalue weighted by Gasteiger charge is -2.08. The highest BCUT2D eigenvalue weighted by Gasteiger charge is 2.12. The van der Waals surface area contributed by atoms with Gasteiger partial charge in [-0.2, -0.15) is 10.2 Å². The van der Waals surface area contributed by atoms with Crippen molar-refractivity contribution in [3.63, 3.8) is 0 Å². The van der Waals surface area contributed by atoms with Gasteiger partial charge in [-0.05, 0) is 35.9 Å². The average Bonchev–Trinajstić information content (AvgIpc) is 3.24. The van der Waals surface area contributed by atoms with Crippen LogP contribution in [0.3, 0.4) is 0 Å². The summed E-state index contributed by atoms with van der Waals surface area (Å²) >= 11 is 6.10. The van der Waals surface area contributed by atoms with Gasteiger partial charge in [-0.15, -0.1) is 0 Å². The summed E-state index contributed by atoms with van der Waals surface area (Å²) < 4.78 is 10.5. The number of allylic oxidation sites excluding steroid dienone is 1. The summed E-state index contributed by atoms with van der Waals surface area (Å²) in [5, 5.41) is 11.1. The molecule has 148 valence electrons. The smallest absolute Gasteiger partial charge is 0.289 e. The summed E-state index contributed by atoms with van der Waals surface area (Å²) in [5.74, 6) is 0.743. The molecule has 0 bridgehead atoms. The largest absolute Gasteiger partial charge is 0.493 e. The van der Waals surface area contributed by atoms with Gasteiger partial charge in [0.1, 0.15) is 5.69 Å². The number of halogens is 1. The van der Waals surface area contributed by atoms with Gasteiger partial charge in [-0.3, -0.25) is 9.89 Å². The number of nitrogens with one attached hydrogen (secondary N) is 2. The van der Waals surface area contributed by atoms with Crippen molar-refractivity contribution in [2.24, 2.45) is 5.10 Å². The Balaban J connectivity index is 1.66. The molecule has 0 atom stereocenters. The lowest BCUT2D eigenvalue weighted by Crippen LogP contribution is -2.17. The van der Waals surface area contributed by atoms with E-state index in [1.165, 1.54) is 6.21 Å². The Bertz CT molecular complexity index is 1050. The molecule has 0 aliphatic rings. The van der Waals surface area contributed by atoms with Gasteiger partial charge in [-0.1, -0.05) is 41.9 Å². The van der Waals surface area contributed by atoms with Gasteiger partial charge in [0, 0.05) is 5.56 Å². The number of amides is 1. The molecule has 2 N–H and O–H groups in total. The van der Waals surface area contributed by atoms with Crippen molar-refractivity contribution in [2.75, 3.05) is 14.2 Å². The predicted octanol–water partition coefficient (Wildman–Crippen LogP) is 4.09. The molecule has 0 aliphatic carbocycles. The van der Waals surface area contributed by atoms with Crippen LogP contribution in [0.2, 0.25) is 0 Å². The molecule has 0 saturated carbocycles. The van der Waals surface area contributed by atoms with Crippen molar-refractivity contribution < 1.29 is 14.3 Å². The number of carbonyl (C=O) groups excluding carboxylic acids is 1. The SMILES string of the molecule is COc1ccc(-c2cc(C(=O)N/N=C\C(Cl)=C\c3ccccc3)[nH]n2)cc1OC. The van der Waals surface area contributed by atoms with E-state index in [2.05, 4.69) is 20.7 Å². The van der Waals surface area contributed by atoms with E-state index in [1.54, 1.807) is 38.5 Å². The first kappa shape index (κ1) is 20.2. The van der Waals surface area contributed by atoms with Crippen LogP contribution in [0.4, 0.5) is 0 Å². The van der Waals surface area contributed by atoms with E-state index >= 15 is 0 Å². The topological polar surface area (TPSA) is 88.6 Å². The van der Waals surface area contributed by atoms with Crippen molar-refractivity contribution in [2.45, 2.75) is 0 Å². The molecule has 0 saturated heterocycles. The zero-order valence-corrected chi connectivity index (χ0v) is 16.6. The number of H-pyrrole nitrogens is 1. The van der Waals surface area contributed by atoms with E-state index < -0.39 is 5.91 Å². The number of hydrogen-bond donors (Lipinski definition) is 2. The van der Waals surface area contributed by atoms with Crippen LogP contribution in [-0.4, -0.2) is 36.5 Å². The van der Waals surface area contributed by atoms with Gasteiger partial charge < -0.3 is 9.47 Å². The van der Waals surface area contributed by atoms with Gasteiger partial charge in [-0.25, -0.2) is 5.43 Å². The first-order chi connectivity index (χ1) is 14.1. The molecular formula is C21H19ClN4O3. The normalized spacial score (nSPS) is 11.5. The first-order valence-electron chi connectivity index (χ1n) is 8.64. The molecule has 1 amide bonds. The minimum atomic E-state index is -0.440. The van der Waals surface area contributed by atoms with Crippen molar-refractivity contribution in [3.05, 3.63) is 70.9 Å². The lowest BCUT2D eigenvalue weighted by atomic mass is 10.1. The molecule has 0 spiro atoms. The zero-order chi connectivity index (χ0) is 20.6. The lowest BCUT2D eigenvalue weighted by molar-refractivity contribution is 0.0950. The van der Waals surface area contributed by atoms with Gasteiger partial charge in [0.05, 0.1) is 31.2 Å². The number of carbonyl (C=O) groups is 1. The molecule has 2 aromatic carbocycles. The number of hydrazone groups is 1. The quantitative estimate of drug-likeness (QED) is 0.453. The summed E-state index contributed by atoms with van der Waals surface area (Å²) in [4.78, 5) is 12.2. The molecule has 1 aromatic heterocycles. The third kappa shape index (κ3) is 5.24. The van der Waals surface area contributed by atoms with Crippen molar-refractivity contribution in [1.82, 2.24) is 15.6 Å². The number of ether oxygens (including phenoxy) is 2. The van der Waals surface area contributed by atoms with Crippen LogP contribution in [0.5, 0.6) is 11.5 Å². The maximum atomic E-state index is 12.2. The first-order valence-corrected chi connectivity index (χ1v) is 9.02. The fraction of sp³-hybridized carbons (Fsp3) is 0.0952. The molecule has 0 fully saturated rings. The van der Waals surface area contributed by atoms with Crippen LogP contribution in [0, 0.1) is 0 Å². The Morgan fingerprint density at radius 1 is 1.10 bits per heavy atom. The third-order valence-electron chi connectivity index (χ3n) is 3.96. The number of methoxy groups -OCH3 is 2. The second-order valence-electron chi connectivity index (χ2n) is 5.88. The molecule has 0 aliphatic heterocycles. The Morgan fingerprint density at radius 2 is 1.86 bits per heavy atom. The van der Waals surface area contributed by atoms with Crippen LogP contribution >= 0.6 is 11.6 Å². The van der Waals surface area contributed by atoms with Crippen molar-refractivity contribution in [3.8, 4) is 22.8 Å². The summed E-state index contributed by atoms with van der Waals surface area (Å²) in [6.45, 7) is 0. The number of benzene rings is 2. The van der Waals surface area contributed by atoms with E-state index in [9.17, 15) is 4.79 Å². The fourth-order valence-electron chi connectivity index (χ4n) is 2.54. The summed E-state index contributed by atoms with van der Waals surface area (Å²) in [6.07, 6.45) is 3.10. The van der Waals surface area contributed by atoms with Gasteiger partial charge in [0.25, 0.3) is 5.91 Å². The van der Waals surface area contributed by atoms with Crippen LogP contribution in [0.1, 0.15) is 16.1 Å². The average molecular weight is 411 g/mol. The highest BCUT2D eigenvalue weighted by molar-refractivity contribution is 6.41. The Kier molecular flexibility index (Phi) is 6.65. The van der Waals surface area contributed by atoms with E-state index in [4.69, 9.17) is 21.1 Å². The van der Waals surface area contributed by atoms with Crippen LogP contribution in [-0.2, 0) is 0 Å². The summed E-state index contributed by atoms with van der Waals surface area (Å²) in [7, 11) is 3.12. The van der Waals surface area contributed by atoms with E-state index in [0.717, 1.165) is 11.1 Å². The predicted molar refractivity (Wildman–Crippen MR) is 113 cm³/mol. The molecule has 7 nitrogen and oxygen atoms in total.